The number of alkyl halides is 2. The minimum Gasteiger partial charge on any atom is -0.459 e. The van der Waals surface area contributed by atoms with Crippen molar-refractivity contribution in [3.05, 3.63) is 118 Å². The summed E-state index contributed by atoms with van der Waals surface area (Å²) in [6.45, 7) is 2.57. The lowest BCUT2D eigenvalue weighted by Gasteiger charge is -2.24. The molecular formula is C37H36F3N5O8. The van der Waals surface area contributed by atoms with Gasteiger partial charge in [-0.25, -0.2) is 14.2 Å². The van der Waals surface area contributed by atoms with Gasteiger partial charge in [-0.2, -0.15) is 8.78 Å². The van der Waals surface area contributed by atoms with Crippen molar-refractivity contribution in [3.63, 3.8) is 0 Å². The summed E-state index contributed by atoms with van der Waals surface area (Å²) in [5, 5.41) is 6.14. The van der Waals surface area contributed by atoms with Gasteiger partial charge in [-0.15, -0.1) is 0 Å². The van der Waals surface area contributed by atoms with Crippen molar-refractivity contribution in [2.75, 3.05) is 11.9 Å². The Bertz CT molecular complexity index is 2000. The molecule has 4 rings (SSSR count). The van der Waals surface area contributed by atoms with Crippen molar-refractivity contribution in [2.24, 2.45) is 0 Å². The van der Waals surface area contributed by atoms with E-state index in [0.717, 1.165) is 22.9 Å². The lowest BCUT2D eigenvalue weighted by molar-refractivity contribution is -0.163. The number of aromatic nitrogens is 2. The van der Waals surface area contributed by atoms with Crippen LogP contribution in [0.4, 0.5) is 23.7 Å². The number of amides is 3. The molecule has 53 heavy (non-hydrogen) atoms. The van der Waals surface area contributed by atoms with Gasteiger partial charge in [0.1, 0.15) is 42.6 Å². The number of nitrogens with zero attached hydrogens (tertiary/aromatic N) is 2. The second-order valence-corrected chi connectivity index (χ2v) is 12.6. The van der Waals surface area contributed by atoms with Crippen molar-refractivity contribution >= 4 is 35.3 Å². The number of ether oxygens (including phenoxy) is 2. The first-order chi connectivity index (χ1) is 25.0. The van der Waals surface area contributed by atoms with Gasteiger partial charge in [0.15, 0.2) is 0 Å². The summed E-state index contributed by atoms with van der Waals surface area (Å²) in [7, 11) is 0. The maximum absolute atomic E-state index is 15.3. The molecule has 4 aromatic rings. The van der Waals surface area contributed by atoms with E-state index in [1.165, 1.54) is 45.0 Å². The average Bonchev–Trinajstić information content (AvgIpc) is 3.11. The minimum atomic E-state index is -4.73. The van der Waals surface area contributed by atoms with E-state index in [2.05, 4.69) is 15.6 Å². The maximum Gasteiger partial charge on any atom is 0.412 e. The molecule has 0 saturated heterocycles. The van der Waals surface area contributed by atoms with Crippen LogP contribution in [0.3, 0.4) is 0 Å². The molecule has 278 valence electrons. The standard InChI is InChI=1S/C37H36F3N5O8/c1-36(2,3)53-30(47)20-42-34(50)37(39,40)31(48)27(18-23-10-6-4-7-11-23)43-29(46)21-45-32(25-14-16-26(38)17-15-25)41-19-28(33(45)49)44-35(51)52-22-24-12-8-5-9-13-24/h4-17,19,27H,18,20-22H2,1-3H3,(H,42,50)(H,43,46)(H,44,51). The summed E-state index contributed by atoms with van der Waals surface area (Å²) in [6, 6.07) is 19.1. The third kappa shape index (κ3) is 11.3. The molecule has 0 fully saturated rings. The molecule has 3 aromatic carbocycles. The van der Waals surface area contributed by atoms with E-state index in [0.29, 0.717) is 11.1 Å². The van der Waals surface area contributed by atoms with Crippen molar-refractivity contribution in [1.29, 1.82) is 0 Å². The van der Waals surface area contributed by atoms with Crippen LogP contribution in [0.5, 0.6) is 0 Å². The molecule has 3 N–H and O–H groups in total. The highest BCUT2D eigenvalue weighted by Gasteiger charge is 2.50. The molecule has 0 aliphatic carbocycles. The lowest BCUT2D eigenvalue weighted by Crippen LogP contribution is -2.56. The predicted molar refractivity (Wildman–Crippen MR) is 185 cm³/mol. The first-order valence-corrected chi connectivity index (χ1v) is 16.1. The van der Waals surface area contributed by atoms with Crippen LogP contribution in [-0.4, -0.2) is 63.3 Å². The zero-order valence-electron chi connectivity index (χ0n) is 28.9. The van der Waals surface area contributed by atoms with Crippen LogP contribution in [0.1, 0.15) is 31.9 Å². The Labute approximate surface area is 301 Å². The Morgan fingerprint density at radius 3 is 2.08 bits per heavy atom. The fraction of sp³-hybridized carbons (Fsp3) is 0.270. The van der Waals surface area contributed by atoms with Gasteiger partial charge in [0.2, 0.25) is 11.7 Å². The SMILES string of the molecule is CC(C)(C)OC(=O)CNC(=O)C(F)(F)C(=O)C(Cc1ccccc1)NC(=O)Cn1c(-c2ccc(F)cc2)ncc(NC(=O)OCc2ccccc2)c1=O. The number of halogens is 3. The molecule has 0 saturated carbocycles. The van der Waals surface area contributed by atoms with Crippen LogP contribution in [0.2, 0.25) is 0 Å². The predicted octanol–water partition coefficient (Wildman–Crippen LogP) is 4.19. The van der Waals surface area contributed by atoms with Crippen molar-refractivity contribution < 1.29 is 46.6 Å². The molecular weight excluding hydrogens is 699 g/mol. The summed E-state index contributed by atoms with van der Waals surface area (Å²) >= 11 is 0. The van der Waals surface area contributed by atoms with Crippen LogP contribution in [-0.2, 0) is 48.2 Å². The molecule has 0 radical (unpaired) electrons. The monoisotopic (exact) mass is 735 g/mol. The Hall–Kier alpha value is -6.32. The molecule has 3 amide bonds. The molecule has 0 bridgehead atoms. The molecule has 0 aliphatic heterocycles. The van der Waals surface area contributed by atoms with Gasteiger partial charge in [-0.1, -0.05) is 60.7 Å². The van der Waals surface area contributed by atoms with Gasteiger partial charge in [-0.3, -0.25) is 33.9 Å². The van der Waals surface area contributed by atoms with E-state index < -0.39 is 83.8 Å². The van der Waals surface area contributed by atoms with Crippen LogP contribution < -0.4 is 21.5 Å². The summed E-state index contributed by atoms with van der Waals surface area (Å²) < 4.78 is 55.4. The highest BCUT2D eigenvalue weighted by Crippen LogP contribution is 2.21. The Balaban J connectivity index is 1.59. The number of ketones is 1. The zero-order valence-corrected chi connectivity index (χ0v) is 28.9. The number of esters is 1. The molecule has 0 aliphatic rings. The summed E-state index contributed by atoms with van der Waals surface area (Å²) in [5.74, 6) is -11.8. The molecule has 13 nitrogen and oxygen atoms in total. The van der Waals surface area contributed by atoms with Crippen molar-refractivity contribution in [2.45, 2.75) is 57.9 Å². The van der Waals surface area contributed by atoms with Crippen molar-refractivity contribution in [1.82, 2.24) is 20.2 Å². The number of anilines is 1. The maximum atomic E-state index is 15.3. The number of benzene rings is 3. The van der Waals surface area contributed by atoms with E-state index in [1.54, 1.807) is 53.8 Å². The van der Waals surface area contributed by atoms with E-state index in [4.69, 9.17) is 9.47 Å². The van der Waals surface area contributed by atoms with Gasteiger partial charge < -0.3 is 20.1 Å². The molecule has 1 unspecified atom stereocenters. The highest BCUT2D eigenvalue weighted by molar-refractivity contribution is 6.11. The summed E-state index contributed by atoms with van der Waals surface area (Å²) in [5.41, 5.74) is -1.22. The number of hydrogen-bond acceptors (Lipinski definition) is 9. The zero-order chi connectivity index (χ0) is 38.8. The first kappa shape index (κ1) is 39.5. The highest BCUT2D eigenvalue weighted by atomic mass is 19.3. The molecule has 1 atom stereocenters. The van der Waals surface area contributed by atoms with Gasteiger partial charge in [0, 0.05) is 12.0 Å². The quantitative estimate of drug-likeness (QED) is 0.127. The minimum absolute atomic E-state index is 0.134. The fourth-order valence-electron chi connectivity index (χ4n) is 4.84. The summed E-state index contributed by atoms with van der Waals surface area (Å²) in [4.78, 5) is 81.7. The van der Waals surface area contributed by atoms with E-state index in [9.17, 15) is 33.2 Å². The van der Waals surface area contributed by atoms with Gasteiger partial charge in [0.05, 0.1) is 12.2 Å². The third-order valence-corrected chi connectivity index (χ3v) is 7.24. The Kier molecular flexibility index (Phi) is 12.9. The second-order valence-electron chi connectivity index (χ2n) is 12.6. The Morgan fingerprint density at radius 2 is 1.47 bits per heavy atom. The number of carbonyl (C=O) groups excluding carboxylic acids is 5. The third-order valence-electron chi connectivity index (χ3n) is 7.24. The topological polar surface area (TPSA) is 175 Å². The summed E-state index contributed by atoms with van der Waals surface area (Å²) in [6.07, 6.45) is -0.524. The number of rotatable bonds is 14. The number of carbonyl (C=O) groups is 5. The fourth-order valence-corrected chi connectivity index (χ4v) is 4.84. The van der Waals surface area contributed by atoms with E-state index >= 15 is 8.78 Å². The average molecular weight is 736 g/mol. The largest absolute Gasteiger partial charge is 0.459 e. The Morgan fingerprint density at radius 1 is 0.868 bits per heavy atom. The van der Waals surface area contributed by atoms with Crippen LogP contribution in [0.25, 0.3) is 11.4 Å². The molecule has 16 heteroatoms. The molecule has 0 spiro atoms. The van der Waals surface area contributed by atoms with Crippen LogP contribution in [0, 0.1) is 5.82 Å². The van der Waals surface area contributed by atoms with Crippen molar-refractivity contribution in [3.8, 4) is 11.4 Å². The van der Waals surface area contributed by atoms with E-state index in [1.807, 2.05) is 0 Å². The van der Waals surface area contributed by atoms with Gasteiger partial charge in [-0.05, 0) is 56.2 Å². The van der Waals surface area contributed by atoms with E-state index in [-0.39, 0.29) is 18.0 Å². The van der Waals surface area contributed by atoms with Crippen LogP contribution >= 0.6 is 0 Å². The van der Waals surface area contributed by atoms with Gasteiger partial charge in [0.25, 0.3) is 11.5 Å². The molecule has 1 heterocycles. The van der Waals surface area contributed by atoms with Crippen LogP contribution in [0.15, 0.2) is 95.9 Å². The first-order valence-electron chi connectivity index (χ1n) is 16.1. The lowest BCUT2D eigenvalue weighted by atomic mass is 9.98. The normalized spacial score (nSPS) is 11.9. The number of nitrogens with one attached hydrogen (secondary N) is 3. The molecule has 1 aromatic heterocycles. The van der Waals surface area contributed by atoms with Gasteiger partial charge >= 0.3 is 18.0 Å². The smallest absolute Gasteiger partial charge is 0.412 e. The number of Topliss-reactive ketones (excluding diaryl/α,β-unsaturated/α-hetero) is 1. The second kappa shape index (κ2) is 17.3. The number of hydrogen-bond donors (Lipinski definition) is 3.